The molecule has 0 bridgehead atoms. The van der Waals surface area contributed by atoms with E-state index >= 15 is 0 Å². The van der Waals surface area contributed by atoms with Gasteiger partial charge in [-0.1, -0.05) is 23.9 Å². The Labute approximate surface area is 158 Å². The number of phenols is 1. The Kier molecular flexibility index (Phi) is 4.32. The van der Waals surface area contributed by atoms with Crippen LogP contribution in [0.15, 0.2) is 58.6 Å². The number of amides is 1. The SMILES string of the molecule is O=C1c2ccccc2S(=O)(=O)N1CCSc1nnnn1-c1ccc(O)cc1. The van der Waals surface area contributed by atoms with Gasteiger partial charge in [-0.15, -0.1) is 5.10 Å². The number of aromatic hydroxyl groups is 1. The minimum absolute atomic E-state index is 0.00293. The molecule has 0 spiro atoms. The van der Waals surface area contributed by atoms with Crippen molar-refractivity contribution in [1.82, 2.24) is 24.5 Å². The van der Waals surface area contributed by atoms with Crippen molar-refractivity contribution in [2.75, 3.05) is 12.3 Å². The lowest BCUT2D eigenvalue weighted by Crippen LogP contribution is -2.32. The maximum Gasteiger partial charge on any atom is 0.269 e. The summed E-state index contributed by atoms with van der Waals surface area (Å²) >= 11 is 1.23. The highest BCUT2D eigenvalue weighted by atomic mass is 32.2. The lowest BCUT2D eigenvalue weighted by atomic mass is 10.2. The quantitative estimate of drug-likeness (QED) is 0.634. The van der Waals surface area contributed by atoms with Crippen molar-refractivity contribution < 1.29 is 18.3 Å². The van der Waals surface area contributed by atoms with E-state index < -0.39 is 15.9 Å². The van der Waals surface area contributed by atoms with Gasteiger partial charge in [0, 0.05) is 12.3 Å². The fourth-order valence-electron chi connectivity index (χ4n) is 2.70. The third-order valence-electron chi connectivity index (χ3n) is 3.97. The standard InChI is InChI=1S/C16H13N5O4S2/c22-12-7-5-11(6-8-12)21-16(17-18-19-21)26-10-9-20-15(23)13-3-1-2-4-14(13)27(20,24)25/h1-8,22H,9-10H2. The topological polar surface area (TPSA) is 118 Å². The molecule has 0 saturated heterocycles. The highest BCUT2D eigenvalue weighted by molar-refractivity contribution is 7.99. The predicted octanol–water partition coefficient (Wildman–Crippen LogP) is 1.30. The zero-order chi connectivity index (χ0) is 19.0. The van der Waals surface area contributed by atoms with Crippen LogP contribution >= 0.6 is 11.8 Å². The zero-order valence-electron chi connectivity index (χ0n) is 13.8. The van der Waals surface area contributed by atoms with Crippen LogP contribution in [-0.2, 0) is 10.0 Å². The van der Waals surface area contributed by atoms with E-state index in [0.29, 0.717) is 10.8 Å². The summed E-state index contributed by atoms with van der Waals surface area (Å²) in [7, 11) is -3.82. The number of nitrogens with zero attached hydrogens (tertiary/aromatic N) is 5. The van der Waals surface area contributed by atoms with E-state index in [1.165, 1.54) is 40.7 Å². The Morgan fingerprint density at radius 3 is 2.56 bits per heavy atom. The van der Waals surface area contributed by atoms with Crippen LogP contribution in [0.4, 0.5) is 0 Å². The molecule has 2 heterocycles. The van der Waals surface area contributed by atoms with E-state index in [-0.39, 0.29) is 28.5 Å². The fraction of sp³-hybridized carbons (Fsp3) is 0.125. The number of tetrazole rings is 1. The van der Waals surface area contributed by atoms with Crippen LogP contribution in [0.5, 0.6) is 5.75 Å². The van der Waals surface area contributed by atoms with Gasteiger partial charge in [-0.2, -0.15) is 4.68 Å². The second-order valence-corrected chi connectivity index (χ2v) is 8.51. The van der Waals surface area contributed by atoms with E-state index in [4.69, 9.17) is 0 Å². The fourth-order valence-corrected chi connectivity index (χ4v) is 5.20. The van der Waals surface area contributed by atoms with Crippen molar-refractivity contribution in [2.24, 2.45) is 0 Å². The van der Waals surface area contributed by atoms with Gasteiger partial charge in [0.15, 0.2) is 0 Å². The van der Waals surface area contributed by atoms with Gasteiger partial charge >= 0.3 is 0 Å². The van der Waals surface area contributed by atoms with Gasteiger partial charge in [-0.25, -0.2) is 12.7 Å². The molecule has 1 N–H and O–H groups in total. The smallest absolute Gasteiger partial charge is 0.269 e. The zero-order valence-corrected chi connectivity index (χ0v) is 15.4. The monoisotopic (exact) mass is 403 g/mol. The van der Waals surface area contributed by atoms with Crippen LogP contribution in [-0.4, -0.2) is 56.2 Å². The second-order valence-electron chi connectivity index (χ2n) is 5.62. The molecule has 3 aromatic rings. The number of hydrogen-bond donors (Lipinski definition) is 1. The lowest BCUT2D eigenvalue weighted by Gasteiger charge is -2.14. The Morgan fingerprint density at radius 1 is 1.07 bits per heavy atom. The summed E-state index contributed by atoms with van der Waals surface area (Å²) in [5.41, 5.74) is 0.842. The average molecular weight is 403 g/mol. The van der Waals surface area contributed by atoms with E-state index in [1.54, 1.807) is 24.3 Å². The number of phenolic OH excluding ortho intramolecular Hbond substituents is 1. The molecule has 1 amide bonds. The maximum absolute atomic E-state index is 12.5. The minimum atomic E-state index is -3.82. The lowest BCUT2D eigenvalue weighted by molar-refractivity contribution is 0.0876. The number of carbonyl (C=O) groups is 1. The number of thioether (sulfide) groups is 1. The molecule has 0 atom stereocenters. The number of hydrogen-bond acceptors (Lipinski definition) is 8. The molecule has 0 radical (unpaired) electrons. The summed E-state index contributed by atoms with van der Waals surface area (Å²) in [5.74, 6) is -0.111. The van der Waals surface area contributed by atoms with Crippen molar-refractivity contribution in [2.45, 2.75) is 10.1 Å². The maximum atomic E-state index is 12.5. The van der Waals surface area contributed by atoms with Crippen molar-refractivity contribution >= 4 is 27.7 Å². The van der Waals surface area contributed by atoms with Crippen molar-refractivity contribution in [3.63, 3.8) is 0 Å². The first-order valence-corrected chi connectivity index (χ1v) is 10.3. The Bertz CT molecular complexity index is 1110. The van der Waals surface area contributed by atoms with Crippen LogP contribution in [0, 0.1) is 0 Å². The average Bonchev–Trinajstić information content (AvgIpc) is 3.20. The summed E-state index contributed by atoms with van der Waals surface area (Å²) < 4.78 is 27.4. The molecule has 0 aliphatic carbocycles. The van der Waals surface area contributed by atoms with Crippen LogP contribution < -0.4 is 0 Å². The van der Waals surface area contributed by atoms with Gasteiger partial charge in [0.25, 0.3) is 15.9 Å². The van der Waals surface area contributed by atoms with Crippen LogP contribution in [0.25, 0.3) is 5.69 Å². The van der Waals surface area contributed by atoms with Gasteiger partial charge in [0.05, 0.1) is 11.3 Å². The summed E-state index contributed by atoms with van der Waals surface area (Å²) in [4.78, 5) is 12.4. The number of aromatic nitrogens is 4. The van der Waals surface area contributed by atoms with Crippen LogP contribution in [0.2, 0.25) is 0 Å². The molecule has 1 aliphatic rings. The summed E-state index contributed by atoms with van der Waals surface area (Å²) in [6.45, 7) is 0.00293. The molecular weight excluding hydrogens is 390 g/mol. The number of benzene rings is 2. The van der Waals surface area contributed by atoms with Crippen LogP contribution in [0.3, 0.4) is 0 Å². The first-order valence-electron chi connectivity index (χ1n) is 7.85. The third-order valence-corrected chi connectivity index (χ3v) is 6.71. The molecule has 9 nitrogen and oxygen atoms in total. The van der Waals surface area contributed by atoms with Crippen molar-refractivity contribution in [1.29, 1.82) is 0 Å². The molecule has 0 unspecified atom stereocenters. The molecule has 27 heavy (non-hydrogen) atoms. The van der Waals surface area contributed by atoms with E-state index in [9.17, 15) is 18.3 Å². The van der Waals surface area contributed by atoms with Crippen molar-refractivity contribution in [3.8, 4) is 11.4 Å². The normalized spacial score (nSPS) is 15.1. The first kappa shape index (κ1) is 17.5. The molecule has 0 saturated carbocycles. The van der Waals surface area contributed by atoms with E-state index in [1.807, 2.05) is 0 Å². The Hall–Kier alpha value is -2.92. The largest absolute Gasteiger partial charge is 0.508 e. The molecule has 138 valence electrons. The van der Waals surface area contributed by atoms with Gasteiger partial charge in [-0.05, 0) is 46.8 Å². The van der Waals surface area contributed by atoms with Gasteiger partial charge < -0.3 is 5.11 Å². The Morgan fingerprint density at radius 2 is 1.81 bits per heavy atom. The van der Waals surface area contributed by atoms with Crippen molar-refractivity contribution in [3.05, 3.63) is 54.1 Å². The predicted molar refractivity (Wildman–Crippen MR) is 96.2 cm³/mol. The second kappa shape index (κ2) is 6.67. The Balaban J connectivity index is 1.48. The number of sulfonamides is 1. The number of fused-ring (bicyclic) bond motifs is 1. The highest BCUT2D eigenvalue weighted by Crippen LogP contribution is 2.30. The van der Waals surface area contributed by atoms with E-state index in [0.717, 1.165) is 4.31 Å². The third kappa shape index (κ3) is 3.04. The minimum Gasteiger partial charge on any atom is -0.508 e. The molecule has 2 aromatic carbocycles. The molecule has 1 aromatic heterocycles. The summed E-state index contributed by atoms with van der Waals surface area (Å²) in [6, 6.07) is 12.5. The number of carbonyl (C=O) groups excluding carboxylic acids is 1. The first-order chi connectivity index (χ1) is 13.0. The summed E-state index contributed by atoms with van der Waals surface area (Å²) in [5, 5.41) is 21.3. The van der Waals surface area contributed by atoms with Crippen LogP contribution in [0.1, 0.15) is 10.4 Å². The molecule has 11 heteroatoms. The molecule has 0 fully saturated rings. The highest BCUT2D eigenvalue weighted by Gasteiger charge is 2.40. The molecule has 4 rings (SSSR count). The van der Waals surface area contributed by atoms with Gasteiger partial charge in [0.2, 0.25) is 5.16 Å². The number of rotatable bonds is 5. The van der Waals surface area contributed by atoms with E-state index in [2.05, 4.69) is 15.5 Å². The summed E-state index contributed by atoms with van der Waals surface area (Å²) in [6.07, 6.45) is 0. The molecular formula is C16H13N5O4S2. The molecule has 1 aliphatic heterocycles. The van der Waals surface area contributed by atoms with Gasteiger partial charge in [-0.3, -0.25) is 4.79 Å². The van der Waals surface area contributed by atoms with Gasteiger partial charge in [0.1, 0.15) is 10.6 Å².